The summed E-state index contributed by atoms with van der Waals surface area (Å²) in [5.74, 6) is -0.816. The van der Waals surface area contributed by atoms with Gasteiger partial charge >= 0.3 is 5.97 Å². The van der Waals surface area contributed by atoms with E-state index in [2.05, 4.69) is 5.32 Å². The summed E-state index contributed by atoms with van der Waals surface area (Å²) in [6.07, 6.45) is 4.09. The zero-order valence-corrected chi connectivity index (χ0v) is 9.90. The number of hydrogen-bond acceptors (Lipinski definition) is 3. The van der Waals surface area contributed by atoms with Gasteiger partial charge in [0, 0.05) is 26.1 Å². The van der Waals surface area contributed by atoms with Crippen LogP contribution in [0.2, 0.25) is 0 Å². The molecule has 2 atom stereocenters. The number of carbonyl (C=O) groups excluding carboxylic acids is 1. The minimum atomic E-state index is -0.852. The van der Waals surface area contributed by atoms with Crippen molar-refractivity contribution in [1.82, 2.24) is 10.2 Å². The standard InChI is InChI=1S/C11H20N2O3/c1-8(14)13(2)10-6-4-3-5-9(10)12-7-11(15)16/h9-10,12H,3-7H2,1-2H3,(H,15,16)/t9-,10-/m1/s1. The number of likely N-dealkylation sites (N-methyl/N-ethyl adjacent to an activating group) is 1. The van der Waals surface area contributed by atoms with Gasteiger partial charge < -0.3 is 15.3 Å². The van der Waals surface area contributed by atoms with Crippen LogP contribution in [0.4, 0.5) is 0 Å². The third kappa shape index (κ3) is 3.48. The zero-order chi connectivity index (χ0) is 12.1. The number of hydrogen-bond donors (Lipinski definition) is 2. The Morgan fingerprint density at radius 2 is 2.00 bits per heavy atom. The zero-order valence-electron chi connectivity index (χ0n) is 9.90. The molecule has 5 heteroatoms. The lowest BCUT2D eigenvalue weighted by Gasteiger charge is -2.37. The number of carboxylic acid groups (broad SMARTS) is 1. The SMILES string of the molecule is CC(=O)N(C)[C@@H]1CCCC[C@H]1NCC(=O)O. The van der Waals surface area contributed by atoms with Gasteiger partial charge in [-0.25, -0.2) is 0 Å². The second-order valence-corrected chi connectivity index (χ2v) is 4.36. The van der Waals surface area contributed by atoms with E-state index in [-0.39, 0.29) is 24.5 Å². The molecular formula is C11H20N2O3. The van der Waals surface area contributed by atoms with Crippen molar-refractivity contribution in [3.63, 3.8) is 0 Å². The Hall–Kier alpha value is -1.10. The lowest BCUT2D eigenvalue weighted by molar-refractivity contribution is -0.136. The molecule has 5 nitrogen and oxygen atoms in total. The summed E-state index contributed by atoms with van der Waals surface area (Å²) >= 11 is 0. The molecule has 1 rings (SSSR count). The van der Waals surface area contributed by atoms with Gasteiger partial charge in [-0.15, -0.1) is 0 Å². The second kappa shape index (κ2) is 5.84. The van der Waals surface area contributed by atoms with Crippen LogP contribution in [0.15, 0.2) is 0 Å². The van der Waals surface area contributed by atoms with Crippen molar-refractivity contribution in [2.24, 2.45) is 0 Å². The maximum absolute atomic E-state index is 11.3. The first-order valence-electron chi connectivity index (χ1n) is 5.71. The number of amides is 1. The molecule has 0 bridgehead atoms. The molecule has 0 spiro atoms. The van der Waals surface area contributed by atoms with E-state index in [1.165, 1.54) is 0 Å². The summed E-state index contributed by atoms with van der Waals surface area (Å²) in [5.41, 5.74) is 0. The van der Waals surface area contributed by atoms with Crippen molar-refractivity contribution in [3.8, 4) is 0 Å². The highest BCUT2D eigenvalue weighted by molar-refractivity contribution is 5.73. The fraction of sp³-hybridized carbons (Fsp3) is 0.818. The molecule has 0 aliphatic heterocycles. The number of rotatable bonds is 4. The minimum absolute atomic E-state index is 0.0348. The molecule has 16 heavy (non-hydrogen) atoms. The molecule has 0 saturated heterocycles. The predicted molar refractivity (Wildman–Crippen MR) is 60.1 cm³/mol. The number of nitrogens with one attached hydrogen (secondary N) is 1. The van der Waals surface area contributed by atoms with E-state index in [9.17, 15) is 9.59 Å². The maximum Gasteiger partial charge on any atom is 0.317 e. The summed E-state index contributed by atoms with van der Waals surface area (Å²) in [7, 11) is 1.79. The number of aliphatic carboxylic acids is 1. The van der Waals surface area contributed by atoms with Gasteiger partial charge in [-0.05, 0) is 12.8 Å². The van der Waals surface area contributed by atoms with Gasteiger partial charge in [-0.2, -0.15) is 0 Å². The maximum atomic E-state index is 11.3. The second-order valence-electron chi connectivity index (χ2n) is 4.36. The van der Waals surface area contributed by atoms with Gasteiger partial charge in [0.2, 0.25) is 5.91 Å². The van der Waals surface area contributed by atoms with Crippen LogP contribution in [0.25, 0.3) is 0 Å². The van der Waals surface area contributed by atoms with E-state index in [1.807, 2.05) is 0 Å². The third-order valence-electron chi connectivity index (χ3n) is 3.24. The Morgan fingerprint density at radius 1 is 1.38 bits per heavy atom. The van der Waals surface area contributed by atoms with Crippen molar-refractivity contribution in [1.29, 1.82) is 0 Å². The van der Waals surface area contributed by atoms with Crippen molar-refractivity contribution in [2.45, 2.75) is 44.7 Å². The molecule has 1 fully saturated rings. The molecule has 0 aromatic carbocycles. The van der Waals surface area contributed by atoms with Crippen LogP contribution < -0.4 is 5.32 Å². The Labute approximate surface area is 95.8 Å². The normalized spacial score (nSPS) is 25.1. The topological polar surface area (TPSA) is 69.6 Å². The Bertz CT molecular complexity index is 268. The monoisotopic (exact) mass is 228 g/mol. The van der Waals surface area contributed by atoms with Crippen molar-refractivity contribution in [2.75, 3.05) is 13.6 Å². The molecule has 1 aliphatic carbocycles. The number of nitrogens with zero attached hydrogens (tertiary/aromatic N) is 1. The average Bonchev–Trinajstić information content (AvgIpc) is 2.25. The van der Waals surface area contributed by atoms with Crippen molar-refractivity contribution < 1.29 is 14.7 Å². The Morgan fingerprint density at radius 3 is 2.56 bits per heavy atom. The van der Waals surface area contributed by atoms with Gasteiger partial charge in [-0.1, -0.05) is 12.8 Å². The molecule has 0 aromatic heterocycles. The van der Waals surface area contributed by atoms with Gasteiger partial charge in [0.15, 0.2) is 0 Å². The van der Waals surface area contributed by atoms with E-state index in [0.717, 1.165) is 25.7 Å². The molecule has 0 aromatic rings. The van der Waals surface area contributed by atoms with Crippen LogP contribution in [0, 0.1) is 0 Å². The smallest absolute Gasteiger partial charge is 0.317 e. The third-order valence-corrected chi connectivity index (χ3v) is 3.24. The molecule has 92 valence electrons. The number of carboxylic acids is 1. The fourth-order valence-corrected chi connectivity index (χ4v) is 2.26. The Kier molecular flexibility index (Phi) is 4.73. The first-order valence-corrected chi connectivity index (χ1v) is 5.71. The molecular weight excluding hydrogens is 208 g/mol. The van der Waals surface area contributed by atoms with E-state index < -0.39 is 5.97 Å². The minimum Gasteiger partial charge on any atom is -0.480 e. The molecule has 1 saturated carbocycles. The molecule has 2 N–H and O–H groups in total. The first-order chi connectivity index (χ1) is 7.52. The van der Waals surface area contributed by atoms with Crippen LogP contribution in [-0.2, 0) is 9.59 Å². The first kappa shape index (κ1) is 13.0. The Balaban J connectivity index is 2.56. The van der Waals surface area contributed by atoms with Crippen molar-refractivity contribution >= 4 is 11.9 Å². The fourth-order valence-electron chi connectivity index (χ4n) is 2.26. The van der Waals surface area contributed by atoms with E-state index in [0.29, 0.717) is 0 Å². The summed E-state index contributed by atoms with van der Waals surface area (Å²) in [6.45, 7) is 1.51. The quantitative estimate of drug-likeness (QED) is 0.733. The lowest BCUT2D eigenvalue weighted by Crippen LogP contribution is -2.52. The molecule has 1 aliphatic rings. The lowest BCUT2D eigenvalue weighted by atomic mass is 9.89. The summed E-state index contributed by atoms with van der Waals surface area (Å²) in [5, 5.41) is 11.6. The van der Waals surface area contributed by atoms with Gasteiger partial charge in [-0.3, -0.25) is 9.59 Å². The van der Waals surface area contributed by atoms with Crippen LogP contribution in [0.1, 0.15) is 32.6 Å². The highest BCUT2D eigenvalue weighted by Crippen LogP contribution is 2.22. The summed E-state index contributed by atoms with van der Waals surface area (Å²) in [4.78, 5) is 23.5. The van der Waals surface area contributed by atoms with E-state index >= 15 is 0 Å². The van der Waals surface area contributed by atoms with Crippen LogP contribution in [0.3, 0.4) is 0 Å². The van der Waals surface area contributed by atoms with Gasteiger partial charge in [0.25, 0.3) is 0 Å². The van der Waals surface area contributed by atoms with E-state index in [4.69, 9.17) is 5.11 Å². The molecule has 0 unspecified atom stereocenters. The molecule has 0 radical (unpaired) electrons. The summed E-state index contributed by atoms with van der Waals surface area (Å²) < 4.78 is 0. The summed E-state index contributed by atoms with van der Waals surface area (Å²) in [6, 6.07) is 0.240. The average molecular weight is 228 g/mol. The molecule has 0 heterocycles. The largest absolute Gasteiger partial charge is 0.480 e. The highest BCUT2D eigenvalue weighted by Gasteiger charge is 2.29. The van der Waals surface area contributed by atoms with Gasteiger partial charge in [0.05, 0.1) is 6.54 Å². The van der Waals surface area contributed by atoms with E-state index in [1.54, 1.807) is 18.9 Å². The van der Waals surface area contributed by atoms with Crippen LogP contribution in [0.5, 0.6) is 0 Å². The predicted octanol–water partition coefficient (Wildman–Crippen LogP) is 0.450. The van der Waals surface area contributed by atoms with Gasteiger partial charge in [0.1, 0.15) is 0 Å². The number of carbonyl (C=O) groups is 2. The van der Waals surface area contributed by atoms with Crippen LogP contribution in [-0.4, -0.2) is 47.6 Å². The molecule has 1 amide bonds. The van der Waals surface area contributed by atoms with Crippen molar-refractivity contribution in [3.05, 3.63) is 0 Å². The van der Waals surface area contributed by atoms with Crippen LogP contribution >= 0.6 is 0 Å². The highest BCUT2D eigenvalue weighted by atomic mass is 16.4.